The van der Waals surface area contributed by atoms with E-state index in [1.54, 1.807) is 0 Å². The summed E-state index contributed by atoms with van der Waals surface area (Å²) >= 11 is 0. The van der Waals surface area contributed by atoms with Crippen LogP contribution < -0.4 is 5.32 Å². The predicted octanol–water partition coefficient (Wildman–Crippen LogP) is 2.00. The van der Waals surface area contributed by atoms with Crippen LogP contribution in [0.15, 0.2) is 0 Å². The molecule has 1 saturated carbocycles. The maximum Gasteiger partial charge on any atom is 0.0235 e. The number of nitrogens with one attached hydrogen (secondary N) is 1. The highest BCUT2D eigenvalue weighted by atomic mass is 15.2. The molecular formula is C13H24N2. The minimum Gasteiger partial charge on any atom is -0.315 e. The molecule has 0 spiro atoms. The molecule has 2 unspecified atom stereocenters. The molecule has 2 nitrogen and oxygen atoms in total. The number of likely N-dealkylation sites (tertiary alicyclic amines) is 1. The first-order chi connectivity index (χ1) is 7.45. The first-order valence-corrected chi connectivity index (χ1v) is 6.91. The van der Waals surface area contributed by atoms with Gasteiger partial charge in [0.15, 0.2) is 0 Å². The molecule has 0 aromatic heterocycles. The van der Waals surface area contributed by atoms with Crippen LogP contribution in [0.4, 0.5) is 0 Å². The van der Waals surface area contributed by atoms with Gasteiger partial charge in [0.1, 0.15) is 0 Å². The summed E-state index contributed by atoms with van der Waals surface area (Å²) in [5.41, 5.74) is 0. The number of nitrogens with zero attached hydrogens (tertiary/aromatic N) is 1. The lowest BCUT2D eigenvalue weighted by atomic mass is 9.95. The van der Waals surface area contributed by atoms with Gasteiger partial charge in [0.05, 0.1) is 0 Å². The van der Waals surface area contributed by atoms with Gasteiger partial charge in [-0.2, -0.15) is 0 Å². The monoisotopic (exact) mass is 208 g/mol. The van der Waals surface area contributed by atoms with Gasteiger partial charge < -0.3 is 5.32 Å². The standard InChI is InChI=1S/C13H24N2/c1-2-5-11(4-1)13-6-3-9-15(13)12-7-8-14-10-12/h11-14H,1-10H2. The third-order valence-electron chi connectivity index (χ3n) is 4.79. The summed E-state index contributed by atoms with van der Waals surface area (Å²) in [5, 5.41) is 3.52. The first kappa shape index (κ1) is 10.1. The highest BCUT2D eigenvalue weighted by Gasteiger charge is 2.37. The van der Waals surface area contributed by atoms with Gasteiger partial charge in [0.2, 0.25) is 0 Å². The van der Waals surface area contributed by atoms with Crippen molar-refractivity contribution in [2.75, 3.05) is 19.6 Å². The van der Waals surface area contributed by atoms with Crippen LogP contribution in [0.1, 0.15) is 44.9 Å². The fourth-order valence-electron chi connectivity index (χ4n) is 4.04. The van der Waals surface area contributed by atoms with E-state index in [1.807, 2.05) is 0 Å². The molecule has 0 amide bonds. The van der Waals surface area contributed by atoms with E-state index in [2.05, 4.69) is 10.2 Å². The minimum absolute atomic E-state index is 0.873. The Bertz CT molecular complexity index is 183. The summed E-state index contributed by atoms with van der Waals surface area (Å²) in [6.45, 7) is 3.88. The third-order valence-corrected chi connectivity index (χ3v) is 4.79. The Hall–Kier alpha value is -0.0800. The summed E-state index contributed by atoms with van der Waals surface area (Å²) in [7, 11) is 0. The first-order valence-electron chi connectivity index (χ1n) is 6.91. The highest BCUT2D eigenvalue weighted by molar-refractivity contribution is 4.93. The topological polar surface area (TPSA) is 15.3 Å². The van der Waals surface area contributed by atoms with Gasteiger partial charge in [-0.05, 0) is 51.1 Å². The molecule has 1 aliphatic carbocycles. The second kappa shape index (κ2) is 4.42. The van der Waals surface area contributed by atoms with E-state index >= 15 is 0 Å². The largest absolute Gasteiger partial charge is 0.315 e. The fourth-order valence-corrected chi connectivity index (χ4v) is 4.04. The second-order valence-electron chi connectivity index (χ2n) is 5.64. The zero-order valence-corrected chi connectivity index (χ0v) is 9.75. The third kappa shape index (κ3) is 1.94. The molecule has 3 aliphatic rings. The van der Waals surface area contributed by atoms with Gasteiger partial charge in [-0.15, -0.1) is 0 Å². The van der Waals surface area contributed by atoms with Crippen molar-refractivity contribution >= 4 is 0 Å². The number of rotatable bonds is 2. The highest BCUT2D eigenvalue weighted by Crippen LogP contribution is 2.36. The number of hydrogen-bond acceptors (Lipinski definition) is 2. The Morgan fingerprint density at radius 1 is 0.933 bits per heavy atom. The van der Waals surface area contributed by atoms with Gasteiger partial charge in [-0.3, -0.25) is 4.90 Å². The molecule has 86 valence electrons. The van der Waals surface area contributed by atoms with Gasteiger partial charge in [-0.1, -0.05) is 12.8 Å². The molecule has 0 aromatic rings. The van der Waals surface area contributed by atoms with Crippen LogP contribution in [0.2, 0.25) is 0 Å². The smallest absolute Gasteiger partial charge is 0.0235 e. The molecule has 3 rings (SSSR count). The van der Waals surface area contributed by atoms with Crippen molar-refractivity contribution in [1.29, 1.82) is 0 Å². The second-order valence-corrected chi connectivity index (χ2v) is 5.64. The van der Waals surface area contributed by atoms with Crippen LogP contribution in [0.25, 0.3) is 0 Å². The molecule has 15 heavy (non-hydrogen) atoms. The summed E-state index contributed by atoms with van der Waals surface area (Å²) in [4.78, 5) is 2.86. The maximum atomic E-state index is 3.52. The van der Waals surface area contributed by atoms with E-state index in [1.165, 1.54) is 64.6 Å². The van der Waals surface area contributed by atoms with Crippen molar-refractivity contribution in [3.63, 3.8) is 0 Å². The molecule has 2 saturated heterocycles. The van der Waals surface area contributed by atoms with E-state index in [-0.39, 0.29) is 0 Å². The number of hydrogen-bond donors (Lipinski definition) is 1. The summed E-state index contributed by atoms with van der Waals surface area (Å²) < 4.78 is 0. The SMILES string of the molecule is C1CCC(C2CCCN2C2CCNC2)C1. The molecule has 2 heterocycles. The average molecular weight is 208 g/mol. The molecule has 0 bridgehead atoms. The molecule has 2 heteroatoms. The molecule has 0 radical (unpaired) electrons. The summed E-state index contributed by atoms with van der Waals surface area (Å²) in [6.07, 6.45) is 10.4. The van der Waals surface area contributed by atoms with Crippen LogP contribution in [-0.2, 0) is 0 Å². The molecule has 1 N–H and O–H groups in total. The Balaban J connectivity index is 1.65. The Morgan fingerprint density at radius 3 is 2.53 bits per heavy atom. The maximum absolute atomic E-state index is 3.52. The average Bonchev–Trinajstić information content (AvgIpc) is 3.01. The Kier molecular flexibility index (Phi) is 2.98. The van der Waals surface area contributed by atoms with E-state index in [9.17, 15) is 0 Å². The predicted molar refractivity (Wildman–Crippen MR) is 63.0 cm³/mol. The van der Waals surface area contributed by atoms with E-state index in [0.717, 1.165) is 18.0 Å². The quantitative estimate of drug-likeness (QED) is 0.747. The minimum atomic E-state index is 0.873. The van der Waals surface area contributed by atoms with Crippen LogP contribution in [-0.4, -0.2) is 36.6 Å². The van der Waals surface area contributed by atoms with Gasteiger partial charge in [0, 0.05) is 18.6 Å². The van der Waals surface area contributed by atoms with Crippen LogP contribution in [0, 0.1) is 5.92 Å². The van der Waals surface area contributed by atoms with Crippen LogP contribution in [0.5, 0.6) is 0 Å². The van der Waals surface area contributed by atoms with Crippen molar-refractivity contribution in [1.82, 2.24) is 10.2 Å². The molecular weight excluding hydrogens is 184 g/mol. The summed E-state index contributed by atoms with van der Waals surface area (Å²) in [5.74, 6) is 1.05. The van der Waals surface area contributed by atoms with Gasteiger partial charge in [-0.25, -0.2) is 0 Å². The van der Waals surface area contributed by atoms with Crippen molar-refractivity contribution in [3.8, 4) is 0 Å². The Labute approximate surface area is 93.4 Å². The van der Waals surface area contributed by atoms with Crippen molar-refractivity contribution < 1.29 is 0 Å². The van der Waals surface area contributed by atoms with E-state index in [4.69, 9.17) is 0 Å². The van der Waals surface area contributed by atoms with Crippen molar-refractivity contribution in [2.45, 2.75) is 57.0 Å². The van der Waals surface area contributed by atoms with E-state index < -0.39 is 0 Å². The molecule has 2 aliphatic heterocycles. The lowest BCUT2D eigenvalue weighted by Crippen LogP contribution is -2.43. The normalized spacial score (nSPS) is 39.2. The molecule has 0 aromatic carbocycles. The van der Waals surface area contributed by atoms with Crippen LogP contribution in [0.3, 0.4) is 0 Å². The van der Waals surface area contributed by atoms with E-state index in [0.29, 0.717) is 0 Å². The zero-order valence-electron chi connectivity index (χ0n) is 9.75. The van der Waals surface area contributed by atoms with Gasteiger partial charge >= 0.3 is 0 Å². The Morgan fingerprint density at radius 2 is 1.80 bits per heavy atom. The van der Waals surface area contributed by atoms with Crippen molar-refractivity contribution in [3.05, 3.63) is 0 Å². The fraction of sp³-hybridized carbons (Fsp3) is 1.00. The summed E-state index contributed by atoms with van der Waals surface area (Å²) in [6, 6.07) is 1.83. The zero-order chi connectivity index (χ0) is 10.1. The van der Waals surface area contributed by atoms with Gasteiger partial charge in [0.25, 0.3) is 0 Å². The van der Waals surface area contributed by atoms with Crippen molar-refractivity contribution in [2.24, 2.45) is 5.92 Å². The molecule has 3 fully saturated rings. The lowest BCUT2D eigenvalue weighted by Gasteiger charge is -2.33. The van der Waals surface area contributed by atoms with Crippen LogP contribution >= 0.6 is 0 Å². The molecule has 2 atom stereocenters. The lowest BCUT2D eigenvalue weighted by molar-refractivity contribution is 0.144.